The molecule has 142 valence electrons. The van der Waals surface area contributed by atoms with Gasteiger partial charge in [0, 0.05) is 24.5 Å². The van der Waals surface area contributed by atoms with E-state index in [1.165, 1.54) is 13.0 Å². The molecular weight excluding hydrogens is 368 g/mol. The number of carbonyl (C=O) groups is 3. The van der Waals surface area contributed by atoms with Crippen LogP contribution in [-0.2, 0) is 14.3 Å². The number of hydrogen-bond donors (Lipinski definition) is 1. The number of rotatable bonds is 6. The molecule has 0 atom stereocenters. The Morgan fingerprint density at radius 2 is 1.74 bits per heavy atom. The molecule has 1 amide bonds. The summed E-state index contributed by atoms with van der Waals surface area (Å²) in [7, 11) is 0. The minimum Gasteiger partial charge on any atom is -0.451 e. The van der Waals surface area contributed by atoms with E-state index in [-0.39, 0.29) is 5.78 Å². The first-order chi connectivity index (χ1) is 13.0. The number of ketones is 1. The molecule has 0 aliphatic carbocycles. The van der Waals surface area contributed by atoms with Gasteiger partial charge in [-0.2, -0.15) is 0 Å². The summed E-state index contributed by atoms with van der Waals surface area (Å²) in [5.41, 5.74) is 1.70. The largest absolute Gasteiger partial charge is 0.451 e. The molecule has 1 saturated heterocycles. The lowest BCUT2D eigenvalue weighted by Gasteiger charge is -2.28. The van der Waals surface area contributed by atoms with Crippen LogP contribution in [0.3, 0.4) is 0 Å². The van der Waals surface area contributed by atoms with Crippen LogP contribution >= 0.6 is 11.3 Å². The maximum Gasteiger partial charge on any atom is 0.348 e. The van der Waals surface area contributed by atoms with Crippen molar-refractivity contribution in [2.45, 2.75) is 6.92 Å². The number of esters is 1. The predicted octanol–water partition coefficient (Wildman–Crippen LogP) is 2.58. The fourth-order valence-electron chi connectivity index (χ4n) is 2.61. The van der Waals surface area contributed by atoms with Crippen molar-refractivity contribution in [2.24, 2.45) is 0 Å². The maximum absolute atomic E-state index is 12.0. The van der Waals surface area contributed by atoms with Gasteiger partial charge < -0.3 is 19.7 Å². The van der Waals surface area contributed by atoms with Crippen molar-refractivity contribution in [3.05, 3.63) is 46.2 Å². The standard InChI is InChI=1S/C19H20N2O5S/c1-13(22)16-6-7-17(27-16)19(24)26-12-18(23)20-14-2-4-15(5-3-14)21-8-10-25-11-9-21/h2-7H,8-12H2,1H3,(H,20,23). The fourth-order valence-corrected chi connectivity index (χ4v) is 3.41. The van der Waals surface area contributed by atoms with Gasteiger partial charge in [0.05, 0.1) is 18.1 Å². The number of thiophene rings is 1. The first kappa shape index (κ1) is 19.1. The van der Waals surface area contributed by atoms with Gasteiger partial charge in [0.2, 0.25) is 0 Å². The monoisotopic (exact) mass is 388 g/mol. The summed E-state index contributed by atoms with van der Waals surface area (Å²) in [6.07, 6.45) is 0. The number of ether oxygens (including phenoxy) is 2. The Morgan fingerprint density at radius 3 is 2.37 bits per heavy atom. The molecule has 7 nitrogen and oxygen atoms in total. The van der Waals surface area contributed by atoms with E-state index >= 15 is 0 Å². The highest BCUT2D eigenvalue weighted by molar-refractivity contribution is 7.15. The lowest BCUT2D eigenvalue weighted by molar-refractivity contribution is -0.119. The number of amides is 1. The molecule has 27 heavy (non-hydrogen) atoms. The molecule has 1 aromatic carbocycles. The molecule has 0 bridgehead atoms. The van der Waals surface area contributed by atoms with Crippen LogP contribution in [-0.4, -0.2) is 50.6 Å². The van der Waals surface area contributed by atoms with E-state index in [4.69, 9.17) is 9.47 Å². The van der Waals surface area contributed by atoms with E-state index in [9.17, 15) is 14.4 Å². The minimum absolute atomic E-state index is 0.114. The smallest absolute Gasteiger partial charge is 0.348 e. The number of morpholine rings is 1. The Kier molecular flexibility index (Phi) is 6.20. The van der Waals surface area contributed by atoms with Crippen LogP contribution < -0.4 is 10.2 Å². The third-order valence-electron chi connectivity index (χ3n) is 4.02. The number of benzene rings is 1. The van der Waals surface area contributed by atoms with Crippen molar-refractivity contribution in [1.29, 1.82) is 0 Å². The van der Waals surface area contributed by atoms with E-state index in [1.807, 2.05) is 24.3 Å². The van der Waals surface area contributed by atoms with Gasteiger partial charge in [-0.15, -0.1) is 11.3 Å². The Labute approximate surface area is 160 Å². The van der Waals surface area contributed by atoms with Crippen molar-refractivity contribution < 1.29 is 23.9 Å². The zero-order chi connectivity index (χ0) is 19.2. The summed E-state index contributed by atoms with van der Waals surface area (Å²) >= 11 is 1.05. The summed E-state index contributed by atoms with van der Waals surface area (Å²) in [4.78, 5) is 38.2. The number of hydrogen-bond acceptors (Lipinski definition) is 7. The summed E-state index contributed by atoms with van der Waals surface area (Å²) in [5, 5.41) is 2.69. The molecule has 1 aliphatic rings. The van der Waals surface area contributed by atoms with Crippen LogP contribution in [0.2, 0.25) is 0 Å². The van der Waals surface area contributed by atoms with Crippen molar-refractivity contribution >= 4 is 40.4 Å². The van der Waals surface area contributed by atoms with Crippen LogP contribution in [0.1, 0.15) is 26.3 Å². The summed E-state index contributed by atoms with van der Waals surface area (Å²) < 4.78 is 10.3. The number of Topliss-reactive ketones (excluding diaryl/α,β-unsaturated/α-hetero) is 1. The van der Waals surface area contributed by atoms with E-state index in [2.05, 4.69) is 10.2 Å². The summed E-state index contributed by atoms with van der Waals surface area (Å²) in [6, 6.07) is 10.6. The van der Waals surface area contributed by atoms with Crippen molar-refractivity contribution in [3.8, 4) is 0 Å². The first-order valence-electron chi connectivity index (χ1n) is 8.53. The van der Waals surface area contributed by atoms with Crippen molar-refractivity contribution in [3.63, 3.8) is 0 Å². The average Bonchev–Trinajstić information content (AvgIpc) is 3.18. The molecule has 1 aliphatic heterocycles. The molecule has 8 heteroatoms. The van der Waals surface area contributed by atoms with Gasteiger partial charge in [-0.1, -0.05) is 0 Å². The molecule has 1 fully saturated rings. The van der Waals surface area contributed by atoms with Gasteiger partial charge in [-0.05, 0) is 43.3 Å². The molecule has 2 aromatic rings. The van der Waals surface area contributed by atoms with Crippen molar-refractivity contribution in [1.82, 2.24) is 0 Å². The Morgan fingerprint density at radius 1 is 1.07 bits per heavy atom. The van der Waals surface area contributed by atoms with Gasteiger partial charge in [-0.3, -0.25) is 9.59 Å². The van der Waals surface area contributed by atoms with Gasteiger partial charge >= 0.3 is 5.97 Å². The number of carbonyl (C=O) groups excluding carboxylic acids is 3. The van der Waals surface area contributed by atoms with Crippen molar-refractivity contribution in [2.75, 3.05) is 43.1 Å². The second-order valence-electron chi connectivity index (χ2n) is 5.99. The molecule has 1 N–H and O–H groups in total. The second kappa shape index (κ2) is 8.79. The lowest BCUT2D eigenvalue weighted by atomic mass is 10.2. The Hall–Kier alpha value is -2.71. The maximum atomic E-state index is 12.0. The topological polar surface area (TPSA) is 84.9 Å². The zero-order valence-electron chi connectivity index (χ0n) is 14.9. The lowest BCUT2D eigenvalue weighted by Crippen LogP contribution is -2.36. The first-order valence-corrected chi connectivity index (χ1v) is 9.35. The summed E-state index contributed by atoms with van der Waals surface area (Å²) in [6.45, 7) is 4.14. The number of nitrogens with one attached hydrogen (secondary N) is 1. The number of nitrogens with zero attached hydrogens (tertiary/aromatic N) is 1. The SMILES string of the molecule is CC(=O)c1ccc(C(=O)OCC(=O)Nc2ccc(N3CCOCC3)cc2)s1. The van der Waals surface area contributed by atoms with E-state index in [1.54, 1.807) is 6.07 Å². The average molecular weight is 388 g/mol. The molecule has 0 radical (unpaired) electrons. The molecule has 1 aromatic heterocycles. The highest BCUT2D eigenvalue weighted by Gasteiger charge is 2.15. The fraction of sp³-hybridized carbons (Fsp3) is 0.316. The Bertz CT molecular complexity index is 825. The highest BCUT2D eigenvalue weighted by Crippen LogP contribution is 2.20. The van der Waals surface area contributed by atoms with Crippen LogP contribution in [0.15, 0.2) is 36.4 Å². The van der Waals surface area contributed by atoms with Crippen LogP contribution in [0, 0.1) is 0 Å². The second-order valence-corrected chi connectivity index (χ2v) is 7.07. The number of anilines is 2. The third-order valence-corrected chi connectivity index (χ3v) is 5.18. The van der Waals surface area contributed by atoms with E-state index in [0.29, 0.717) is 28.7 Å². The third kappa shape index (κ3) is 5.15. The molecular formula is C19H20N2O5S. The molecule has 0 saturated carbocycles. The summed E-state index contributed by atoms with van der Waals surface area (Å²) in [5.74, 6) is -1.16. The predicted molar refractivity (Wildman–Crippen MR) is 103 cm³/mol. The van der Waals surface area contributed by atoms with Crippen LogP contribution in [0.5, 0.6) is 0 Å². The molecule has 3 rings (SSSR count). The van der Waals surface area contributed by atoms with Gasteiger partial charge in [-0.25, -0.2) is 4.79 Å². The van der Waals surface area contributed by atoms with Crippen LogP contribution in [0.4, 0.5) is 11.4 Å². The normalized spacial score (nSPS) is 13.9. The molecule has 0 unspecified atom stereocenters. The van der Waals surface area contributed by atoms with E-state index in [0.717, 1.165) is 30.1 Å². The molecule has 2 heterocycles. The quantitative estimate of drug-likeness (QED) is 0.605. The van der Waals surface area contributed by atoms with E-state index < -0.39 is 18.5 Å². The van der Waals surface area contributed by atoms with Gasteiger partial charge in [0.1, 0.15) is 4.88 Å². The zero-order valence-corrected chi connectivity index (χ0v) is 15.7. The van der Waals surface area contributed by atoms with Gasteiger partial charge in [0.15, 0.2) is 12.4 Å². The van der Waals surface area contributed by atoms with Crippen LogP contribution in [0.25, 0.3) is 0 Å². The van der Waals surface area contributed by atoms with Gasteiger partial charge in [0.25, 0.3) is 5.91 Å². The molecule has 0 spiro atoms. The minimum atomic E-state index is -0.620. The Balaban J connectivity index is 1.48. The highest BCUT2D eigenvalue weighted by atomic mass is 32.1.